The summed E-state index contributed by atoms with van der Waals surface area (Å²) in [5, 5.41) is 13.9. The number of nitrogens with one attached hydrogen (secondary N) is 1. The lowest BCUT2D eigenvalue weighted by Crippen LogP contribution is -2.38. The van der Waals surface area contributed by atoms with Gasteiger partial charge in [0.25, 0.3) is 5.69 Å². The SMILES string of the molecule is O=C(Nc1ccc(Br)cn1)C1CCN(c2cc(F)ccc2[N+](=O)[O-])CC1. The van der Waals surface area contributed by atoms with Gasteiger partial charge >= 0.3 is 0 Å². The number of anilines is 2. The number of piperidine rings is 1. The van der Waals surface area contributed by atoms with Crippen molar-refractivity contribution in [2.45, 2.75) is 12.8 Å². The molecule has 0 radical (unpaired) electrons. The number of pyridine rings is 1. The van der Waals surface area contributed by atoms with Crippen molar-refractivity contribution >= 4 is 39.0 Å². The number of benzene rings is 1. The van der Waals surface area contributed by atoms with Crippen LogP contribution in [0.2, 0.25) is 0 Å². The molecule has 1 aromatic carbocycles. The van der Waals surface area contributed by atoms with Crippen molar-refractivity contribution in [3.05, 3.63) is 56.9 Å². The van der Waals surface area contributed by atoms with E-state index in [4.69, 9.17) is 0 Å². The maximum absolute atomic E-state index is 13.5. The van der Waals surface area contributed by atoms with Crippen LogP contribution in [0.15, 0.2) is 41.0 Å². The third-order valence-corrected chi connectivity index (χ3v) is 4.79. The van der Waals surface area contributed by atoms with E-state index < -0.39 is 10.7 Å². The Balaban J connectivity index is 1.64. The van der Waals surface area contributed by atoms with Crippen molar-refractivity contribution in [1.29, 1.82) is 0 Å². The summed E-state index contributed by atoms with van der Waals surface area (Å²) in [4.78, 5) is 28.9. The molecular formula is C17H16BrFN4O3. The lowest BCUT2D eigenvalue weighted by atomic mass is 9.95. The topological polar surface area (TPSA) is 88.4 Å². The summed E-state index contributed by atoms with van der Waals surface area (Å²) in [7, 11) is 0. The molecule has 1 saturated heterocycles. The van der Waals surface area contributed by atoms with Gasteiger partial charge in [0.05, 0.1) is 4.92 Å². The van der Waals surface area contributed by atoms with Gasteiger partial charge in [-0.3, -0.25) is 14.9 Å². The smallest absolute Gasteiger partial charge is 0.292 e. The summed E-state index contributed by atoms with van der Waals surface area (Å²) < 4.78 is 14.3. The van der Waals surface area contributed by atoms with Crippen molar-refractivity contribution < 1.29 is 14.1 Å². The predicted molar refractivity (Wildman–Crippen MR) is 98.6 cm³/mol. The van der Waals surface area contributed by atoms with Crippen molar-refractivity contribution in [1.82, 2.24) is 4.98 Å². The number of hydrogen-bond donors (Lipinski definition) is 1. The number of aromatic nitrogens is 1. The molecule has 1 N–H and O–H groups in total. The van der Waals surface area contributed by atoms with E-state index in [2.05, 4.69) is 26.2 Å². The molecule has 1 aromatic heterocycles. The van der Waals surface area contributed by atoms with Crippen molar-refractivity contribution in [3.63, 3.8) is 0 Å². The van der Waals surface area contributed by atoms with Crippen LogP contribution in [0.5, 0.6) is 0 Å². The highest BCUT2D eigenvalue weighted by Crippen LogP contribution is 2.32. The van der Waals surface area contributed by atoms with Crippen LogP contribution in [-0.4, -0.2) is 28.9 Å². The molecule has 0 saturated carbocycles. The number of carbonyl (C=O) groups excluding carboxylic acids is 1. The standard InChI is InChI=1S/C17H16BrFN4O3/c18-12-1-4-16(20-10-12)21-17(24)11-5-7-22(8-6-11)15-9-13(19)2-3-14(15)23(25)26/h1-4,9-11H,5-8H2,(H,20,21,24). The molecule has 0 aliphatic carbocycles. The number of nitro benzene ring substituents is 1. The largest absolute Gasteiger partial charge is 0.366 e. The predicted octanol–water partition coefficient (Wildman–Crippen LogP) is 3.75. The first-order chi connectivity index (χ1) is 12.4. The van der Waals surface area contributed by atoms with Crippen LogP contribution in [0, 0.1) is 21.8 Å². The van der Waals surface area contributed by atoms with Crippen molar-refractivity contribution in [3.8, 4) is 0 Å². The van der Waals surface area contributed by atoms with E-state index in [0.717, 1.165) is 10.5 Å². The average molecular weight is 423 g/mol. The molecular weight excluding hydrogens is 407 g/mol. The third kappa shape index (κ3) is 4.16. The number of carbonyl (C=O) groups is 1. The van der Waals surface area contributed by atoms with Gasteiger partial charge in [0.15, 0.2) is 0 Å². The zero-order chi connectivity index (χ0) is 18.7. The van der Waals surface area contributed by atoms with E-state index in [-0.39, 0.29) is 23.2 Å². The number of halogens is 2. The molecule has 26 heavy (non-hydrogen) atoms. The monoisotopic (exact) mass is 422 g/mol. The number of nitro groups is 1. The zero-order valence-corrected chi connectivity index (χ0v) is 15.3. The minimum absolute atomic E-state index is 0.131. The van der Waals surface area contributed by atoms with Gasteiger partial charge < -0.3 is 10.2 Å². The Morgan fingerprint density at radius 1 is 1.31 bits per heavy atom. The van der Waals surface area contributed by atoms with Crippen molar-refractivity contribution in [2.75, 3.05) is 23.3 Å². The van der Waals surface area contributed by atoms with E-state index in [1.165, 1.54) is 12.1 Å². The van der Waals surface area contributed by atoms with E-state index in [1.807, 2.05) is 0 Å². The van der Waals surface area contributed by atoms with Gasteiger partial charge in [-0.15, -0.1) is 0 Å². The first-order valence-electron chi connectivity index (χ1n) is 8.05. The maximum Gasteiger partial charge on any atom is 0.292 e. The molecule has 0 unspecified atom stereocenters. The van der Waals surface area contributed by atoms with Gasteiger partial charge in [0, 0.05) is 41.8 Å². The second kappa shape index (κ2) is 7.77. The fraction of sp³-hybridized carbons (Fsp3) is 0.294. The Hall–Kier alpha value is -2.55. The Bertz CT molecular complexity index is 823. The molecule has 1 amide bonds. The molecule has 0 spiro atoms. The summed E-state index contributed by atoms with van der Waals surface area (Å²) in [6.45, 7) is 0.881. The Labute approximate surface area is 157 Å². The van der Waals surface area contributed by atoms with Crippen LogP contribution in [0.3, 0.4) is 0 Å². The van der Waals surface area contributed by atoms with Gasteiger partial charge in [-0.25, -0.2) is 9.37 Å². The Morgan fingerprint density at radius 2 is 2.04 bits per heavy atom. The highest BCUT2D eigenvalue weighted by atomic mass is 79.9. The van der Waals surface area contributed by atoms with Gasteiger partial charge in [-0.2, -0.15) is 0 Å². The van der Waals surface area contributed by atoms with Gasteiger partial charge in [-0.05, 0) is 47.0 Å². The molecule has 1 fully saturated rings. The second-order valence-corrected chi connectivity index (χ2v) is 6.92. The summed E-state index contributed by atoms with van der Waals surface area (Å²) >= 11 is 3.28. The van der Waals surface area contributed by atoms with Crippen LogP contribution in [0.4, 0.5) is 21.6 Å². The summed E-state index contributed by atoms with van der Waals surface area (Å²) in [5.74, 6) is -0.397. The molecule has 2 aromatic rings. The summed E-state index contributed by atoms with van der Waals surface area (Å²) in [6, 6.07) is 6.90. The molecule has 136 valence electrons. The van der Waals surface area contributed by atoms with Crippen LogP contribution in [0.1, 0.15) is 12.8 Å². The second-order valence-electron chi connectivity index (χ2n) is 6.00. The molecule has 3 rings (SSSR count). The average Bonchev–Trinajstić information content (AvgIpc) is 2.63. The summed E-state index contributed by atoms with van der Waals surface area (Å²) in [6.07, 6.45) is 2.65. The molecule has 0 atom stereocenters. The first kappa shape index (κ1) is 18.2. The Kier molecular flexibility index (Phi) is 5.46. The fourth-order valence-electron chi connectivity index (χ4n) is 2.96. The fourth-order valence-corrected chi connectivity index (χ4v) is 3.20. The molecule has 7 nitrogen and oxygen atoms in total. The number of rotatable bonds is 4. The normalized spacial score (nSPS) is 14.9. The molecule has 2 heterocycles. The highest BCUT2D eigenvalue weighted by Gasteiger charge is 2.28. The number of nitrogens with zero attached hydrogens (tertiary/aromatic N) is 3. The number of hydrogen-bond acceptors (Lipinski definition) is 5. The number of amides is 1. The third-order valence-electron chi connectivity index (χ3n) is 4.32. The van der Waals surface area contributed by atoms with E-state index >= 15 is 0 Å². The molecule has 1 aliphatic rings. The van der Waals surface area contributed by atoms with Gasteiger partial charge in [0.2, 0.25) is 5.91 Å². The van der Waals surface area contributed by atoms with Gasteiger partial charge in [-0.1, -0.05) is 0 Å². The van der Waals surface area contributed by atoms with Gasteiger partial charge in [0.1, 0.15) is 17.3 Å². The van der Waals surface area contributed by atoms with Crippen LogP contribution >= 0.6 is 15.9 Å². The van der Waals surface area contributed by atoms with E-state index in [1.54, 1.807) is 23.2 Å². The van der Waals surface area contributed by atoms with E-state index in [0.29, 0.717) is 31.7 Å². The quantitative estimate of drug-likeness (QED) is 0.598. The molecule has 0 bridgehead atoms. The summed E-state index contributed by atoms with van der Waals surface area (Å²) in [5.41, 5.74) is 0.122. The minimum atomic E-state index is -0.522. The van der Waals surface area contributed by atoms with Crippen LogP contribution in [0.25, 0.3) is 0 Å². The van der Waals surface area contributed by atoms with Crippen molar-refractivity contribution in [2.24, 2.45) is 5.92 Å². The van der Waals surface area contributed by atoms with Crippen LogP contribution < -0.4 is 10.2 Å². The zero-order valence-electron chi connectivity index (χ0n) is 13.7. The highest BCUT2D eigenvalue weighted by molar-refractivity contribution is 9.10. The molecule has 1 aliphatic heterocycles. The first-order valence-corrected chi connectivity index (χ1v) is 8.84. The van der Waals surface area contributed by atoms with Crippen LogP contribution in [-0.2, 0) is 4.79 Å². The van der Waals surface area contributed by atoms with E-state index in [9.17, 15) is 19.3 Å². The molecule has 9 heteroatoms. The lowest BCUT2D eigenvalue weighted by Gasteiger charge is -2.32. The minimum Gasteiger partial charge on any atom is -0.366 e. The lowest BCUT2D eigenvalue weighted by molar-refractivity contribution is -0.384. The maximum atomic E-state index is 13.5. The Morgan fingerprint density at radius 3 is 2.65 bits per heavy atom.